The Morgan fingerprint density at radius 1 is 1.50 bits per heavy atom. The average Bonchev–Trinajstić information content (AvgIpc) is 2.28. The monoisotopic (exact) mass is 224 g/mol. The van der Waals surface area contributed by atoms with Crippen molar-refractivity contribution in [2.24, 2.45) is 0 Å². The first-order chi connectivity index (χ1) is 7.56. The Balaban J connectivity index is 2.78. The van der Waals surface area contributed by atoms with E-state index in [-0.39, 0.29) is 5.56 Å². The second-order valence-corrected chi connectivity index (χ2v) is 3.13. The first-order valence-corrected chi connectivity index (χ1v) is 4.62. The van der Waals surface area contributed by atoms with Crippen LogP contribution in [-0.2, 0) is 9.53 Å². The highest BCUT2D eigenvalue weighted by molar-refractivity contribution is 5.96. The van der Waals surface area contributed by atoms with Crippen LogP contribution in [0, 0.1) is 0 Å². The molecule has 0 aromatic carbocycles. The van der Waals surface area contributed by atoms with Gasteiger partial charge in [-0.3, -0.25) is 9.59 Å². The van der Waals surface area contributed by atoms with Gasteiger partial charge in [-0.2, -0.15) is 0 Å². The largest absolute Gasteiger partial charge is 0.467 e. The number of carbonyl (C=O) groups is 2. The Kier molecular flexibility index (Phi) is 3.82. The van der Waals surface area contributed by atoms with Crippen molar-refractivity contribution < 1.29 is 14.3 Å². The molecule has 1 aromatic rings. The van der Waals surface area contributed by atoms with Crippen molar-refractivity contribution in [1.29, 1.82) is 0 Å². The zero-order valence-electron chi connectivity index (χ0n) is 8.94. The number of rotatable bonds is 3. The lowest BCUT2D eigenvalue weighted by molar-refractivity contribution is -0.142. The van der Waals surface area contributed by atoms with Gasteiger partial charge in [0.15, 0.2) is 0 Å². The molecule has 0 radical (unpaired) electrons. The second kappa shape index (κ2) is 5.11. The molecule has 6 heteroatoms. The van der Waals surface area contributed by atoms with Gasteiger partial charge in [0, 0.05) is 6.20 Å². The predicted octanol–water partition coefficient (Wildman–Crippen LogP) is -0.334. The van der Waals surface area contributed by atoms with Crippen molar-refractivity contribution in [3.8, 4) is 0 Å². The number of aromatic nitrogens is 1. The minimum absolute atomic E-state index is 0.0433. The number of methoxy groups -OCH3 is 1. The smallest absolute Gasteiger partial charge is 0.328 e. The summed E-state index contributed by atoms with van der Waals surface area (Å²) in [5.41, 5.74) is -0.546. The van der Waals surface area contributed by atoms with Crippen LogP contribution in [0.1, 0.15) is 17.3 Å². The summed E-state index contributed by atoms with van der Waals surface area (Å²) in [5.74, 6) is -1.18. The number of esters is 1. The molecule has 0 spiro atoms. The number of hydrogen-bond acceptors (Lipinski definition) is 4. The Hall–Kier alpha value is -2.11. The maximum absolute atomic E-state index is 11.6. The van der Waals surface area contributed by atoms with Crippen molar-refractivity contribution in [2.45, 2.75) is 13.0 Å². The summed E-state index contributed by atoms with van der Waals surface area (Å²) in [5, 5.41) is 2.35. The van der Waals surface area contributed by atoms with E-state index in [4.69, 9.17) is 0 Å². The van der Waals surface area contributed by atoms with Crippen molar-refractivity contribution in [3.05, 3.63) is 34.2 Å². The molecular formula is C10H12N2O4. The lowest BCUT2D eigenvalue weighted by atomic mass is 10.2. The highest BCUT2D eigenvalue weighted by Gasteiger charge is 2.18. The van der Waals surface area contributed by atoms with Crippen molar-refractivity contribution >= 4 is 11.9 Å². The number of pyridine rings is 1. The maximum Gasteiger partial charge on any atom is 0.328 e. The molecule has 1 amide bonds. The van der Waals surface area contributed by atoms with Crippen LogP contribution in [0.5, 0.6) is 0 Å². The van der Waals surface area contributed by atoms with E-state index < -0.39 is 23.5 Å². The first-order valence-electron chi connectivity index (χ1n) is 4.62. The molecule has 86 valence electrons. The quantitative estimate of drug-likeness (QED) is 0.688. The van der Waals surface area contributed by atoms with Gasteiger partial charge in [0.25, 0.3) is 11.5 Å². The molecule has 16 heavy (non-hydrogen) atoms. The van der Waals surface area contributed by atoms with Gasteiger partial charge in [-0.15, -0.1) is 0 Å². The van der Waals surface area contributed by atoms with Gasteiger partial charge >= 0.3 is 5.97 Å². The zero-order valence-corrected chi connectivity index (χ0v) is 8.94. The van der Waals surface area contributed by atoms with Crippen LogP contribution < -0.4 is 10.9 Å². The Morgan fingerprint density at radius 2 is 2.19 bits per heavy atom. The van der Waals surface area contributed by atoms with E-state index in [0.29, 0.717) is 0 Å². The number of aromatic amines is 1. The third-order valence-corrected chi connectivity index (χ3v) is 1.97. The molecular weight excluding hydrogens is 212 g/mol. The standard InChI is InChI=1S/C10H12N2O4/c1-6(10(15)16-2)12-9(14)7-4-3-5-11-8(7)13/h3-6H,1-2H3,(H,11,13)(H,12,14). The summed E-state index contributed by atoms with van der Waals surface area (Å²) < 4.78 is 4.44. The topological polar surface area (TPSA) is 88.3 Å². The first kappa shape index (κ1) is 12.0. The van der Waals surface area contributed by atoms with Gasteiger partial charge in [0.1, 0.15) is 11.6 Å². The summed E-state index contributed by atoms with van der Waals surface area (Å²) in [6, 6.07) is 2.11. The molecule has 0 fully saturated rings. The van der Waals surface area contributed by atoms with Crippen LogP contribution in [0.4, 0.5) is 0 Å². The molecule has 1 heterocycles. The number of ether oxygens (including phenoxy) is 1. The van der Waals surface area contributed by atoms with Crippen LogP contribution in [0.3, 0.4) is 0 Å². The summed E-state index contributed by atoms with van der Waals surface area (Å²) >= 11 is 0. The van der Waals surface area contributed by atoms with Crippen molar-refractivity contribution in [2.75, 3.05) is 7.11 Å². The minimum Gasteiger partial charge on any atom is -0.467 e. The molecule has 1 unspecified atom stereocenters. The van der Waals surface area contributed by atoms with Gasteiger partial charge in [-0.1, -0.05) is 0 Å². The third-order valence-electron chi connectivity index (χ3n) is 1.97. The summed E-state index contributed by atoms with van der Waals surface area (Å²) in [4.78, 5) is 36.2. The van der Waals surface area contributed by atoms with Gasteiger partial charge in [0.05, 0.1) is 7.11 Å². The fraction of sp³-hybridized carbons (Fsp3) is 0.300. The number of hydrogen-bond donors (Lipinski definition) is 2. The van der Waals surface area contributed by atoms with E-state index in [2.05, 4.69) is 15.0 Å². The molecule has 1 rings (SSSR count). The Labute approximate surface area is 91.6 Å². The summed E-state index contributed by atoms with van der Waals surface area (Å²) in [6.45, 7) is 1.47. The SMILES string of the molecule is COC(=O)C(C)NC(=O)c1ccc[nH]c1=O. The second-order valence-electron chi connectivity index (χ2n) is 3.13. The highest BCUT2D eigenvalue weighted by Crippen LogP contribution is 1.92. The molecule has 1 atom stereocenters. The van der Waals surface area contributed by atoms with Crippen LogP contribution in [0.25, 0.3) is 0 Å². The maximum atomic E-state index is 11.6. The van der Waals surface area contributed by atoms with E-state index >= 15 is 0 Å². The molecule has 0 aliphatic heterocycles. The number of nitrogens with one attached hydrogen (secondary N) is 2. The van der Waals surface area contributed by atoms with Crippen molar-refractivity contribution in [1.82, 2.24) is 10.3 Å². The van der Waals surface area contributed by atoms with Crippen LogP contribution >= 0.6 is 0 Å². The molecule has 0 aliphatic rings. The predicted molar refractivity (Wildman–Crippen MR) is 56.0 cm³/mol. The molecule has 0 saturated carbocycles. The average molecular weight is 224 g/mol. The Bertz CT molecular complexity index is 452. The van der Waals surface area contributed by atoms with Crippen LogP contribution in [0.15, 0.2) is 23.1 Å². The van der Waals surface area contributed by atoms with Crippen LogP contribution in [0.2, 0.25) is 0 Å². The molecule has 0 bridgehead atoms. The number of amides is 1. The number of H-pyrrole nitrogens is 1. The van der Waals surface area contributed by atoms with Crippen molar-refractivity contribution in [3.63, 3.8) is 0 Å². The molecule has 0 saturated heterocycles. The molecule has 1 aromatic heterocycles. The van der Waals surface area contributed by atoms with E-state index in [1.807, 2.05) is 0 Å². The fourth-order valence-electron chi connectivity index (χ4n) is 1.11. The van der Waals surface area contributed by atoms with Gasteiger partial charge in [-0.05, 0) is 19.1 Å². The normalized spacial score (nSPS) is 11.6. The van der Waals surface area contributed by atoms with E-state index in [0.717, 1.165) is 0 Å². The van der Waals surface area contributed by atoms with E-state index in [1.165, 1.54) is 32.4 Å². The van der Waals surface area contributed by atoms with Gasteiger partial charge < -0.3 is 15.0 Å². The summed E-state index contributed by atoms with van der Waals surface area (Å²) in [7, 11) is 1.22. The Morgan fingerprint density at radius 3 is 2.75 bits per heavy atom. The number of carbonyl (C=O) groups excluding carboxylic acids is 2. The molecule has 2 N–H and O–H groups in total. The molecule has 0 aliphatic carbocycles. The fourth-order valence-corrected chi connectivity index (χ4v) is 1.11. The van der Waals surface area contributed by atoms with E-state index in [1.54, 1.807) is 0 Å². The molecule has 6 nitrogen and oxygen atoms in total. The summed E-state index contributed by atoms with van der Waals surface area (Å²) in [6.07, 6.45) is 1.42. The van der Waals surface area contributed by atoms with E-state index in [9.17, 15) is 14.4 Å². The van der Waals surface area contributed by atoms with Gasteiger partial charge in [-0.25, -0.2) is 4.79 Å². The van der Waals surface area contributed by atoms with Gasteiger partial charge in [0.2, 0.25) is 0 Å². The van der Waals surface area contributed by atoms with Crippen LogP contribution in [-0.4, -0.2) is 30.0 Å². The lowest BCUT2D eigenvalue weighted by Gasteiger charge is -2.10. The third kappa shape index (κ3) is 2.69. The highest BCUT2D eigenvalue weighted by atomic mass is 16.5. The minimum atomic E-state index is -0.794. The lowest BCUT2D eigenvalue weighted by Crippen LogP contribution is -2.41. The zero-order chi connectivity index (χ0) is 12.1.